The number of hydrogen-bond donors (Lipinski definition) is 1. The van der Waals surface area contributed by atoms with Crippen LogP contribution in [0.15, 0.2) is 17.5 Å². The second-order valence-electron chi connectivity index (χ2n) is 5.73. The van der Waals surface area contributed by atoms with Crippen molar-refractivity contribution in [2.45, 2.75) is 38.5 Å². The Kier molecular flexibility index (Phi) is 5.50. The van der Waals surface area contributed by atoms with Gasteiger partial charge in [-0.15, -0.1) is 22.7 Å². The first kappa shape index (κ1) is 16.0. The van der Waals surface area contributed by atoms with Crippen LogP contribution in [0.1, 0.15) is 37.8 Å². The molecule has 1 aliphatic rings. The first-order valence-corrected chi connectivity index (χ1v) is 9.75. The summed E-state index contributed by atoms with van der Waals surface area (Å²) in [5.41, 5.74) is 0.839. The molecule has 2 heterocycles. The summed E-state index contributed by atoms with van der Waals surface area (Å²) in [5, 5.41) is 5.96. The van der Waals surface area contributed by atoms with Gasteiger partial charge in [-0.1, -0.05) is 30.9 Å². The van der Waals surface area contributed by atoms with Gasteiger partial charge in [-0.25, -0.2) is 4.98 Å². The smallest absolute Gasteiger partial charge is 0.226 e. The molecule has 22 heavy (non-hydrogen) atoms. The Morgan fingerprint density at radius 1 is 1.32 bits per heavy atom. The first-order valence-electron chi connectivity index (χ1n) is 7.67. The fourth-order valence-electron chi connectivity index (χ4n) is 2.81. The third-order valence-corrected chi connectivity index (χ3v) is 6.28. The van der Waals surface area contributed by atoms with Crippen LogP contribution >= 0.6 is 34.3 Å². The number of aromatic nitrogens is 1. The predicted molar refractivity (Wildman–Crippen MR) is 93.7 cm³/mol. The van der Waals surface area contributed by atoms with Gasteiger partial charge >= 0.3 is 0 Å². The van der Waals surface area contributed by atoms with Crippen molar-refractivity contribution in [2.24, 2.45) is 5.92 Å². The van der Waals surface area contributed by atoms with E-state index < -0.39 is 0 Å². The van der Waals surface area contributed by atoms with Crippen LogP contribution in [-0.2, 0) is 11.2 Å². The van der Waals surface area contributed by atoms with Crippen molar-refractivity contribution in [3.8, 4) is 9.88 Å². The summed E-state index contributed by atoms with van der Waals surface area (Å²) < 4.78 is 0.761. The van der Waals surface area contributed by atoms with Gasteiger partial charge < -0.3 is 5.32 Å². The monoisotopic (exact) mass is 354 g/mol. The Bertz CT molecular complexity index is 632. The van der Waals surface area contributed by atoms with Gasteiger partial charge in [0, 0.05) is 11.9 Å². The Hall–Kier alpha value is -0.910. The van der Waals surface area contributed by atoms with E-state index in [1.54, 1.807) is 11.3 Å². The molecule has 0 spiro atoms. The van der Waals surface area contributed by atoms with E-state index in [1.165, 1.54) is 43.4 Å². The lowest BCUT2D eigenvalue weighted by Crippen LogP contribution is -2.31. The average Bonchev–Trinajstić information content (AvgIpc) is 3.15. The van der Waals surface area contributed by atoms with Gasteiger partial charge in [0.05, 0.1) is 21.3 Å². The molecule has 1 saturated carbocycles. The van der Waals surface area contributed by atoms with Crippen molar-refractivity contribution in [2.75, 3.05) is 6.54 Å². The van der Waals surface area contributed by atoms with E-state index in [0.717, 1.165) is 26.5 Å². The molecular weight excluding hydrogens is 336 g/mol. The van der Waals surface area contributed by atoms with Crippen LogP contribution in [0.5, 0.6) is 0 Å². The molecule has 0 bridgehead atoms. The van der Waals surface area contributed by atoms with Crippen LogP contribution < -0.4 is 5.32 Å². The summed E-state index contributed by atoms with van der Waals surface area (Å²) >= 11 is 9.03. The maximum atomic E-state index is 12.0. The fourth-order valence-corrected chi connectivity index (χ4v) is 4.74. The maximum Gasteiger partial charge on any atom is 0.226 e. The Balaban J connectivity index is 1.50. The van der Waals surface area contributed by atoms with E-state index in [9.17, 15) is 4.79 Å². The third-order valence-electron chi connectivity index (χ3n) is 3.99. The van der Waals surface area contributed by atoms with Crippen molar-refractivity contribution in [3.63, 3.8) is 0 Å². The molecular formula is C16H19ClN2OS2. The average molecular weight is 355 g/mol. The molecule has 0 unspecified atom stereocenters. The Morgan fingerprint density at radius 3 is 2.86 bits per heavy atom. The lowest BCUT2D eigenvalue weighted by molar-refractivity contribution is -0.120. The highest BCUT2D eigenvalue weighted by atomic mass is 35.5. The largest absolute Gasteiger partial charge is 0.355 e. The molecule has 1 amide bonds. The van der Waals surface area contributed by atoms with E-state index in [-0.39, 0.29) is 5.91 Å². The minimum absolute atomic E-state index is 0.0756. The van der Waals surface area contributed by atoms with Crippen molar-refractivity contribution in [1.29, 1.82) is 0 Å². The first-order chi connectivity index (χ1) is 10.7. The van der Waals surface area contributed by atoms with Crippen molar-refractivity contribution in [3.05, 3.63) is 27.5 Å². The van der Waals surface area contributed by atoms with Gasteiger partial charge in [-0.3, -0.25) is 4.79 Å². The standard InChI is InChI=1S/C16H19ClN2OS2/c17-14-7-6-13(22-14)16-19-12(10-21-16)8-15(20)18-9-11-4-2-1-3-5-11/h6-7,10-11H,1-5,8-9H2,(H,18,20). The van der Waals surface area contributed by atoms with Crippen LogP contribution in [0.25, 0.3) is 9.88 Å². The molecule has 2 aromatic rings. The zero-order valence-electron chi connectivity index (χ0n) is 12.3. The van der Waals surface area contributed by atoms with Crippen molar-refractivity contribution in [1.82, 2.24) is 10.3 Å². The van der Waals surface area contributed by atoms with Crippen LogP contribution in [0.2, 0.25) is 4.34 Å². The third kappa shape index (κ3) is 4.31. The Labute approximate surface area is 143 Å². The number of thiophene rings is 1. The number of nitrogens with zero attached hydrogens (tertiary/aromatic N) is 1. The SMILES string of the molecule is O=C(Cc1csc(-c2ccc(Cl)s2)n1)NCC1CCCCC1. The quantitative estimate of drug-likeness (QED) is 0.840. The number of amides is 1. The summed E-state index contributed by atoms with van der Waals surface area (Å²) in [6.45, 7) is 0.816. The molecule has 1 aliphatic carbocycles. The lowest BCUT2D eigenvalue weighted by atomic mass is 9.89. The highest BCUT2D eigenvalue weighted by Crippen LogP contribution is 2.33. The lowest BCUT2D eigenvalue weighted by Gasteiger charge is -2.21. The van der Waals surface area contributed by atoms with Gasteiger partial charge in [-0.2, -0.15) is 0 Å². The second kappa shape index (κ2) is 7.57. The number of halogens is 1. The molecule has 0 radical (unpaired) electrons. The molecule has 0 aliphatic heterocycles. The molecule has 0 aromatic carbocycles. The molecule has 0 atom stereocenters. The summed E-state index contributed by atoms with van der Waals surface area (Å²) in [4.78, 5) is 17.6. The number of carbonyl (C=O) groups is 1. The minimum atomic E-state index is 0.0756. The number of thiazole rings is 1. The van der Waals surface area contributed by atoms with Crippen molar-refractivity contribution < 1.29 is 4.79 Å². The Morgan fingerprint density at radius 2 is 2.14 bits per heavy atom. The van der Waals surface area contributed by atoms with Gasteiger partial charge in [-0.05, 0) is 30.9 Å². The molecule has 0 saturated heterocycles. The second-order valence-corrected chi connectivity index (χ2v) is 8.31. The summed E-state index contributed by atoms with van der Waals surface area (Å²) in [6.07, 6.45) is 6.82. The van der Waals surface area contributed by atoms with E-state index in [2.05, 4.69) is 10.3 Å². The number of hydrogen-bond acceptors (Lipinski definition) is 4. The number of carbonyl (C=O) groups excluding carboxylic acids is 1. The molecule has 1 fully saturated rings. The zero-order chi connectivity index (χ0) is 15.4. The van der Waals surface area contributed by atoms with Gasteiger partial charge in [0.15, 0.2) is 0 Å². The summed E-state index contributed by atoms with van der Waals surface area (Å²) in [7, 11) is 0. The number of nitrogens with one attached hydrogen (secondary N) is 1. The maximum absolute atomic E-state index is 12.0. The fraction of sp³-hybridized carbons (Fsp3) is 0.500. The summed E-state index contributed by atoms with van der Waals surface area (Å²) in [5.74, 6) is 0.739. The van der Waals surface area contributed by atoms with E-state index >= 15 is 0 Å². The molecule has 118 valence electrons. The molecule has 6 heteroatoms. The molecule has 1 N–H and O–H groups in total. The van der Waals surface area contributed by atoms with Gasteiger partial charge in [0.2, 0.25) is 5.91 Å². The predicted octanol–water partition coefficient (Wildman–Crippen LogP) is 4.76. The van der Waals surface area contributed by atoms with Crippen LogP contribution in [0, 0.1) is 5.92 Å². The number of rotatable bonds is 5. The molecule has 3 rings (SSSR count). The highest BCUT2D eigenvalue weighted by Gasteiger charge is 2.15. The van der Waals surface area contributed by atoms with Crippen LogP contribution in [0.4, 0.5) is 0 Å². The molecule has 2 aromatic heterocycles. The van der Waals surface area contributed by atoms with Crippen LogP contribution in [0.3, 0.4) is 0 Å². The zero-order valence-corrected chi connectivity index (χ0v) is 14.7. The molecule has 3 nitrogen and oxygen atoms in total. The van der Waals surface area contributed by atoms with Crippen molar-refractivity contribution >= 4 is 40.2 Å². The highest BCUT2D eigenvalue weighted by molar-refractivity contribution is 7.23. The van der Waals surface area contributed by atoms with E-state index in [0.29, 0.717) is 12.3 Å². The van der Waals surface area contributed by atoms with Gasteiger partial charge in [0.1, 0.15) is 5.01 Å². The summed E-state index contributed by atoms with van der Waals surface area (Å²) in [6, 6.07) is 3.85. The van der Waals surface area contributed by atoms with E-state index in [1.807, 2.05) is 17.5 Å². The van der Waals surface area contributed by atoms with Crippen LogP contribution in [-0.4, -0.2) is 17.4 Å². The van der Waals surface area contributed by atoms with E-state index in [4.69, 9.17) is 11.6 Å². The minimum Gasteiger partial charge on any atom is -0.355 e. The normalized spacial score (nSPS) is 15.9. The van der Waals surface area contributed by atoms with Gasteiger partial charge in [0.25, 0.3) is 0 Å². The topological polar surface area (TPSA) is 42.0 Å².